The lowest BCUT2D eigenvalue weighted by molar-refractivity contribution is 0.00578. The van der Waals surface area contributed by atoms with E-state index < -0.39 is 0 Å². The molecule has 21 heavy (non-hydrogen) atoms. The van der Waals surface area contributed by atoms with Crippen LogP contribution < -0.4 is 10.5 Å². The zero-order valence-corrected chi connectivity index (χ0v) is 14.0. The van der Waals surface area contributed by atoms with Gasteiger partial charge in [0.05, 0.1) is 17.8 Å². The molecule has 1 aliphatic heterocycles. The van der Waals surface area contributed by atoms with E-state index in [-0.39, 0.29) is 36.7 Å². The van der Waals surface area contributed by atoms with E-state index in [9.17, 15) is 0 Å². The molecule has 1 saturated heterocycles. The van der Waals surface area contributed by atoms with Crippen LogP contribution in [-0.2, 0) is 9.31 Å². The van der Waals surface area contributed by atoms with E-state index in [0.29, 0.717) is 13.0 Å². The molecule has 118 valence electrons. The fourth-order valence-electron chi connectivity index (χ4n) is 2.03. The SMILES string of the molecule is CC1(C)OB([C@@H](N)CCOc2ccccc2)OC1(C)C.Cl. The van der Waals surface area contributed by atoms with E-state index >= 15 is 0 Å². The molecule has 1 aliphatic rings. The van der Waals surface area contributed by atoms with E-state index in [2.05, 4.69) is 0 Å². The minimum Gasteiger partial charge on any atom is -0.494 e. The van der Waals surface area contributed by atoms with Crippen LogP contribution >= 0.6 is 12.4 Å². The van der Waals surface area contributed by atoms with Gasteiger partial charge in [0.25, 0.3) is 0 Å². The van der Waals surface area contributed by atoms with Crippen LogP contribution in [0.3, 0.4) is 0 Å². The molecule has 0 amide bonds. The van der Waals surface area contributed by atoms with Crippen molar-refractivity contribution < 1.29 is 14.0 Å². The topological polar surface area (TPSA) is 53.7 Å². The summed E-state index contributed by atoms with van der Waals surface area (Å²) < 4.78 is 17.5. The largest absolute Gasteiger partial charge is 0.494 e. The Morgan fingerprint density at radius 3 is 2.14 bits per heavy atom. The fraction of sp³-hybridized carbons (Fsp3) is 0.600. The lowest BCUT2D eigenvalue weighted by atomic mass is 9.77. The van der Waals surface area contributed by atoms with Crippen LogP contribution in [0.15, 0.2) is 30.3 Å². The molecule has 0 radical (unpaired) electrons. The molecule has 2 rings (SSSR count). The van der Waals surface area contributed by atoms with Gasteiger partial charge in [0.15, 0.2) is 0 Å². The number of nitrogens with two attached hydrogens (primary N) is 1. The Morgan fingerprint density at radius 1 is 1.10 bits per heavy atom. The summed E-state index contributed by atoms with van der Waals surface area (Å²) >= 11 is 0. The van der Waals surface area contributed by atoms with Gasteiger partial charge in [-0.3, -0.25) is 0 Å². The summed E-state index contributed by atoms with van der Waals surface area (Å²) in [5, 5.41) is 0. The van der Waals surface area contributed by atoms with Crippen molar-refractivity contribution in [3.8, 4) is 5.75 Å². The predicted molar refractivity (Wildman–Crippen MR) is 87.9 cm³/mol. The quantitative estimate of drug-likeness (QED) is 0.849. The molecule has 1 fully saturated rings. The number of benzene rings is 1. The van der Waals surface area contributed by atoms with Crippen LogP contribution in [0.25, 0.3) is 0 Å². The van der Waals surface area contributed by atoms with Crippen LogP contribution in [0.1, 0.15) is 34.1 Å². The van der Waals surface area contributed by atoms with Crippen molar-refractivity contribution >= 4 is 19.5 Å². The highest BCUT2D eigenvalue weighted by molar-refractivity contribution is 6.47. The van der Waals surface area contributed by atoms with E-state index in [1.165, 1.54) is 0 Å². The predicted octanol–water partition coefficient (Wildman–Crippen LogP) is 2.84. The third-order valence-electron chi connectivity index (χ3n) is 4.08. The summed E-state index contributed by atoms with van der Waals surface area (Å²) in [6.45, 7) is 8.66. The first kappa shape index (κ1) is 18.3. The summed E-state index contributed by atoms with van der Waals surface area (Å²) in [4.78, 5) is 0. The first-order chi connectivity index (χ1) is 9.32. The van der Waals surface area contributed by atoms with Crippen LogP contribution in [0.5, 0.6) is 5.75 Å². The van der Waals surface area contributed by atoms with Crippen LogP contribution in [0.2, 0.25) is 0 Å². The smallest absolute Gasteiger partial charge is 0.475 e. The summed E-state index contributed by atoms with van der Waals surface area (Å²) in [6.07, 6.45) is 0.686. The Bertz CT molecular complexity index is 426. The Morgan fingerprint density at radius 2 is 1.62 bits per heavy atom. The molecule has 2 N–H and O–H groups in total. The Kier molecular flexibility index (Phi) is 6.11. The molecule has 0 bridgehead atoms. The average molecular weight is 314 g/mol. The Labute approximate surface area is 133 Å². The van der Waals surface area contributed by atoms with Crippen LogP contribution in [0.4, 0.5) is 0 Å². The van der Waals surface area contributed by atoms with Gasteiger partial charge in [-0.05, 0) is 46.2 Å². The van der Waals surface area contributed by atoms with Gasteiger partial charge in [0.2, 0.25) is 0 Å². The molecule has 0 unspecified atom stereocenters. The maximum atomic E-state index is 6.16. The number of halogens is 1. The van der Waals surface area contributed by atoms with Crippen molar-refractivity contribution in [2.45, 2.75) is 51.3 Å². The highest BCUT2D eigenvalue weighted by Crippen LogP contribution is 2.37. The number of hydrogen-bond acceptors (Lipinski definition) is 4. The number of rotatable bonds is 5. The molecule has 0 saturated carbocycles. The highest BCUT2D eigenvalue weighted by Gasteiger charge is 2.52. The van der Waals surface area contributed by atoms with Crippen molar-refractivity contribution in [3.05, 3.63) is 30.3 Å². The van der Waals surface area contributed by atoms with E-state index in [1.54, 1.807) is 0 Å². The molecular formula is C15H25BClNO3. The molecule has 0 aliphatic carbocycles. The summed E-state index contributed by atoms with van der Waals surface area (Å²) in [6, 6.07) is 9.72. The molecule has 0 spiro atoms. The fourth-order valence-corrected chi connectivity index (χ4v) is 2.03. The van der Waals surface area contributed by atoms with Crippen molar-refractivity contribution in [3.63, 3.8) is 0 Å². The third-order valence-corrected chi connectivity index (χ3v) is 4.08. The second kappa shape index (κ2) is 7.01. The average Bonchev–Trinajstić information content (AvgIpc) is 2.60. The Hall–Kier alpha value is -0.745. The van der Waals surface area contributed by atoms with Gasteiger partial charge in [-0.1, -0.05) is 18.2 Å². The van der Waals surface area contributed by atoms with Crippen molar-refractivity contribution in [2.75, 3.05) is 6.61 Å². The molecule has 6 heteroatoms. The van der Waals surface area contributed by atoms with Gasteiger partial charge in [0.1, 0.15) is 5.75 Å². The van der Waals surface area contributed by atoms with Crippen molar-refractivity contribution in [1.29, 1.82) is 0 Å². The number of ether oxygens (including phenoxy) is 1. The van der Waals surface area contributed by atoms with Gasteiger partial charge in [-0.2, -0.15) is 0 Å². The lowest BCUT2D eigenvalue weighted by Gasteiger charge is -2.32. The second-order valence-electron chi connectivity index (χ2n) is 6.24. The lowest BCUT2D eigenvalue weighted by Crippen LogP contribution is -2.42. The molecule has 1 aromatic carbocycles. The highest BCUT2D eigenvalue weighted by atomic mass is 35.5. The number of hydrogen-bond donors (Lipinski definition) is 1. The van der Waals surface area contributed by atoms with Gasteiger partial charge in [-0.25, -0.2) is 0 Å². The molecule has 0 aromatic heterocycles. The minimum atomic E-state index is -0.376. The Balaban J connectivity index is 0.00000220. The first-order valence-electron chi connectivity index (χ1n) is 7.11. The van der Waals surface area contributed by atoms with Crippen LogP contribution in [-0.4, -0.2) is 30.9 Å². The molecule has 4 nitrogen and oxygen atoms in total. The van der Waals surface area contributed by atoms with E-state index in [0.717, 1.165) is 5.75 Å². The molecule has 1 heterocycles. The maximum absolute atomic E-state index is 6.16. The molecular weight excluding hydrogens is 288 g/mol. The van der Waals surface area contributed by atoms with Gasteiger partial charge < -0.3 is 19.8 Å². The zero-order valence-electron chi connectivity index (χ0n) is 13.2. The third kappa shape index (κ3) is 4.36. The standard InChI is InChI=1S/C15H24BNO3.ClH/c1-14(2)15(3,4)20-16(19-14)13(17)10-11-18-12-8-6-5-7-9-12;/h5-9,13H,10-11,17H2,1-4H3;1H/t13-;/m0./s1. The van der Waals surface area contributed by atoms with Crippen LogP contribution in [0, 0.1) is 0 Å². The van der Waals surface area contributed by atoms with Gasteiger partial charge in [-0.15, -0.1) is 12.4 Å². The molecule has 1 atom stereocenters. The summed E-state index contributed by atoms with van der Waals surface area (Å²) in [5.41, 5.74) is 5.48. The van der Waals surface area contributed by atoms with E-state index in [1.807, 2.05) is 58.0 Å². The van der Waals surface area contributed by atoms with Crippen molar-refractivity contribution in [1.82, 2.24) is 0 Å². The molecule has 1 aromatic rings. The van der Waals surface area contributed by atoms with E-state index in [4.69, 9.17) is 19.8 Å². The monoisotopic (exact) mass is 313 g/mol. The maximum Gasteiger partial charge on any atom is 0.475 e. The number of para-hydroxylation sites is 1. The van der Waals surface area contributed by atoms with Gasteiger partial charge >= 0.3 is 7.12 Å². The summed E-state index contributed by atoms with van der Waals surface area (Å²) in [5.74, 6) is 0.661. The second-order valence-corrected chi connectivity index (χ2v) is 6.24. The van der Waals surface area contributed by atoms with Gasteiger partial charge in [0, 0.05) is 5.94 Å². The zero-order chi connectivity index (χ0) is 14.8. The minimum absolute atomic E-state index is 0. The van der Waals surface area contributed by atoms with Crippen molar-refractivity contribution in [2.24, 2.45) is 5.73 Å². The normalized spacial score (nSPS) is 20.7. The first-order valence-corrected chi connectivity index (χ1v) is 7.11. The summed E-state index contributed by atoms with van der Waals surface area (Å²) in [7, 11) is -0.376.